The SMILES string of the molecule is C#CCNc1nc(Nc2ccc(O)cc2)ncc1CC. The summed E-state index contributed by atoms with van der Waals surface area (Å²) in [5.74, 6) is 3.96. The number of hydrogen-bond donors (Lipinski definition) is 3. The molecule has 0 spiro atoms. The third kappa shape index (κ3) is 3.39. The Kier molecular flexibility index (Phi) is 4.40. The third-order valence-electron chi connectivity index (χ3n) is 2.73. The van der Waals surface area contributed by atoms with E-state index in [1.54, 1.807) is 30.5 Å². The van der Waals surface area contributed by atoms with Crippen LogP contribution in [0.2, 0.25) is 0 Å². The molecule has 0 aliphatic carbocycles. The third-order valence-corrected chi connectivity index (χ3v) is 2.73. The number of aryl methyl sites for hydroxylation is 1. The number of aromatic nitrogens is 2. The summed E-state index contributed by atoms with van der Waals surface area (Å²) in [6.07, 6.45) is 7.85. The summed E-state index contributed by atoms with van der Waals surface area (Å²) in [7, 11) is 0. The molecule has 0 radical (unpaired) electrons. The van der Waals surface area contributed by atoms with Crippen LogP contribution in [0.3, 0.4) is 0 Å². The fourth-order valence-electron chi connectivity index (χ4n) is 1.69. The van der Waals surface area contributed by atoms with Gasteiger partial charge in [-0.2, -0.15) is 4.98 Å². The molecule has 102 valence electrons. The maximum atomic E-state index is 9.24. The summed E-state index contributed by atoms with van der Waals surface area (Å²) >= 11 is 0. The largest absolute Gasteiger partial charge is 0.508 e. The minimum atomic E-state index is 0.217. The van der Waals surface area contributed by atoms with Crippen molar-refractivity contribution in [3.8, 4) is 18.1 Å². The highest BCUT2D eigenvalue weighted by Gasteiger charge is 2.05. The summed E-state index contributed by atoms with van der Waals surface area (Å²) in [6.45, 7) is 2.45. The van der Waals surface area contributed by atoms with Crippen LogP contribution < -0.4 is 10.6 Å². The zero-order valence-corrected chi connectivity index (χ0v) is 11.2. The highest BCUT2D eigenvalue weighted by molar-refractivity contribution is 5.57. The second-order valence-corrected chi connectivity index (χ2v) is 4.15. The molecule has 0 atom stereocenters. The molecule has 5 heteroatoms. The minimum absolute atomic E-state index is 0.217. The monoisotopic (exact) mass is 268 g/mol. The molecule has 0 unspecified atom stereocenters. The molecule has 0 saturated carbocycles. The van der Waals surface area contributed by atoms with Crippen LogP contribution in [0.5, 0.6) is 5.75 Å². The van der Waals surface area contributed by atoms with Crippen LogP contribution in [0, 0.1) is 12.3 Å². The number of terminal acetylenes is 1. The van der Waals surface area contributed by atoms with Crippen molar-refractivity contribution in [1.29, 1.82) is 0 Å². The molecule has 0 bridgehead atoms. The van der Waals surface area contributed by atoms with Crippen LogP contribution in [-0.4, -0.2) is 21.6 Å². The molecule has 0 aliphatic heterocycles. The van der Waals surface area contributed by atoms with E-state index in [1.807, 2.05) is 6.92 Å². The minimum Gasteiger partial charge on any atom is -0.508 e. The molecule has 1 aromatic carbocycles. The van der Waals surface area contributed by atoms with Crippen LogP contribution in [0.1, 0.15) is 12.5 Å². The first-order chi connectivity index (χ1) is 9.72. The van der Waals surface area contributed by atoms with Gasteiger partial charge in [0.25, 0.3) is 0 Å². The Morgan fingerprint density at radius 2 is 2.05 bits per heavy atom. The second kappa shape index (κ2) is 6.43. The Morgan fingerprint density at radius 1 is 1.30 bits per heavy atom. The highest BCUT2D eigenvalue weighted by atomic mass is 16.3. The first-order valence-electron chi connectivity index (χ1n) is 6.32. The fourth-order valence-corrected chi connectivity index (χ4v) is 1.69. The zero-order valence-electron chi connectivity index (χ0n) is 11.2. The molecule has 1 aromatic heterocycles. The van der Waals surface area contributed by atoms with Gasteiger partial charge in [-0.3, -0.25) is 0 Å². The Labute approximate surface area is 118 Å². The van der Waals surface area contributed by atoms with Crippen molar-refractivity contribution < 1.29 is 5.11 Å². The Morgan fingerprint density at radius 3 is 2.70 bits per heavy atom. The number of rotatable bonds is 5. The number of nitrogens with one attached hydrogen (secondary N) is 2. The lowest BCUT2D eigenvalue weighted by atomic mass is 10.2. The normalized spacial score (nSPS) is 9.80. The summed E-state index contributed by atoms with van der Waals surface area (Å²) in [5, 5.41) is 15.4. The molecule has 20 heavy (non-hydrogen) atoms. The van der Waals surface area contributed by atoms with Crippen molar-refractivity contribution in [3.63, 3.8) is 0 Å². The lowest BCUT2D eigenvalue weighted by Gasteiger charge is -2.10. The molecule has 0 fully saturated rings. The van der Waals surface area contributed by atoms with Gasteiger partial charge in [0.1, 0.15) is 11.6 Å². The number of anilines is 3. The average molecular weight is 268 g/mol. The van der Waals surface area contributed by atoms with Gasteiger partial charge in [-0.1, -0.05) is 12.8 Å². The second-order valence-electron chi connectivity index (χ2n) is 4.15. The maximum absolute atomic E-state index is 9.24. The molecule has 3 N–H and O–H groups in total. The van der Waals surface area contributed by atoms with Crippen molar-refractivity contribution in [3.05, 3.63) is 36.0 Å². The molecule has 0 aliphatic rings. The van der Waals surface area contributed by atoms with E-state index >= 15 is 0 Å². The number of phenolic OH excluding ortho intramolecular Hbond substituents is 1. The quantitative estimate of drug-likeness (QED) is 0.574. The highest BCUT2D eigenvalue weighted by Crippen LogP contribution is 2.19. The summed E-state index contributed by atoms with van der Waals surface area (Å²) in [5.41, 5.74) is 1.81. The van der Waals surface area contributed by atoms with Gasteiger partial charge < -0.3 is 15.7 Å². The molecule has 0 amide bonds. The van der Waals surface area contributed by atoms with Gasteiger partial charge in [0, 0.05) is 17.4 Å². The van der Waals surface area contributed by atoms with Gasteiger partial charge in [0.15, 0.2) is 0 Å². The van der Waals surface area contributed by atoms with Crippen molar-refractivity contribution in [2.75, 3.05) is 17.2 Å². The predicted octanol–water partition coefficient (Wildman–Crippen LogP) is 2.53. The van der Waals surface area contributed by atoms with Gasteiger partial charge >= 0.3 is 0 Å². The van der Waals surface area contributed by atoms with Gasteiger partial charge in [0.05, 0.1) is 6.54 Å². The molecule has 1 heterocycles. The van der Waals surface area contributed by atoms with E-state index < -0.39 is 0 Å². The summed E-state index contributed by atoms with van der Waals surface area (Å²) in [4.78, 5) is 8.67. The summed E-state index contributed by atoms with van der Waals surface area (Å²) in [6, 6.07) is 6.70. The van der Waals surface area contributed by atoms with Crippen LogP contribution in [0.15, 0.2) is 30.5 Å². The van der Waals surface area contributed by atoms with Crippen LogP contribution >= 0.6 is 0 Å². The van der Waals surface area contributed by atoms with E-state index in [1.165, 1.54) is 0 Å². The zero-order chi connectivity index (χ0) is 14.4. The molecule has 2 aromatic rings. The van der Waals surface area contributed by atoms with E-state index in [9.17, 15) is 5.11 Å². The van der Waals surface area contributed by atoms with Gasteiger partial charge in [-0.25, -0.2) is 4.98 Å². The average Bonchev–Trinajstić information content (AvgIpc) is 2.47. The van der Waals surface area contributed by atoms with Crippen molar-refractivity contribution in [1.82, 2.24) is 9.97 Å². The van der Waals surface area contributed by atoms with Gasteiger partial charge in [0.2, 0.25) is 5.95 Å². The van der Waals surface area contributed by atoms with E-state index in [0.29, 0.717) is 12.5 Å². The fraction of sp³-hybridized carbons (Fsp3) is 0.200. The molecule has 5 nitrogen and oxygen atoms in total. The number of phenols is 1. The summed E-state index contributed by atoms with van der Waals surface area (Å²) < 4.78 is 0. The van der Waals surface area contributed by atoms with Crippen LogP contribution in [-0.2, 0) is 6.42 Å². The van der Waals surface area contributed by atoms with Gasteiger partial charge in [-0.15, -0.1) is 6.42 Å². The molecular formula is C15H16N4O. The Hall–Kier alpha value is -2.74. The van der Waals surface area contributed by atoms with E-state index in [2.05, 4.69) is 26.5 Å². The lowest BCUT2D eigenvalue weighted by Crippen LogP contribution is -2.07. The van der Waals surface area contributed by atoms with Crippen LogP contribution in [0.25, 0.3) is 0 Å². The lowest BCUT2D eigenvalue weighted by molar-refractivity contribution is 0.475. The number of nitrogens with zero attached hydrogens (tertiary/aromatic N) is 2. The van der Waals surface area contributed by atoms with Crippen LogP contribution in [0.4, 0.5) is 17.5 Å². The predicted molar refractivity (Wildman–Crippen MR) is 80.1 cm³/mol. The molecule has 2 rings (SSSR count). The number of benzene rings is 1. The Bertz CT molecular complexity index is 617. The first kappa shape index (κ1) is 13.7. The first-order valence-corrected chi connectivity index (χ1v) is 6.32. The Balaban J connectivity index is 2.19. The van der Waals surface area contributed by atoms with E-state index in [0.717, 1.165) is 23.5 Å². The molecule has 0 saturated heterocycles. The van der Waals surface area contributed by atoms with Crippen molar-refractivity contribution in [2.24, 2.45) is 0 Å². The topological polar surface area (TPSA) is 70.1 Å². The van der Waals surface area contributed by atoms with E-state index in [4.69, 9.17) is 6.42 Å². The van der Waals surface area contributed by atoms with Crippen molar-refractivity contribution in [2.45, 2.75) is 13.3 Å². The maximum Gasteiger partial charge on any atom is 0.229 e. The standard InChI is InChI=1S/C15H16N4O/c1-3-9-16-14-11(4-2)10-17-15(19-14)18-12-5-7-13(20)8-6-12/h1,5-8,10,20H,4,9H2,2H3,(H2,16,17,18,19). The van der Waals surface area contributed by atoms with E-state index in [-0.39, 0.29) is 5.75 Å². The van der Waals surface area contributed by atoms with Crippen molar-refractivity contribution >= 4 is 17.5 Å². The number of hydrogen-bond acceptors (Lipinski definition) is 5. The van der Waals surface area contributed by atoms with Gasteiger partial charge in [-0.05, 0) is 30.7 Å². The molecular weight excluding hydrogens is 252 g/mol. The number of aromatic hydroxyl groups is 1. The smallest absolute Gasteiger partial charge is 0.229 e.